The van der Waals surface area contributed by atoms with E-state index >= 15 is 0 Å². The van der Waals surface area contributed by atoms with Crippen LogP contribution in [-0.2, 0) is 15.3 Å². The van der Waals surface area contributed by atoms with Crippen LogP contribution in [0, 0.1) is 0 Å². The number of halogens is 1. The highest BCUT2D eigenvalue weighted by Crippen LogP contribution is 2.37. The Labute approximate surface area is 140 Å². The monoisotopic (exact) mass is 360 g/mol. The van der Waals surface area contributed by atoms with Gasteiger partial charge in [0.15, 0.2) is 0 Å². The van der Waals surface area contributed by atoms with E-state index in [0.29, 0.717) is 11.9 Å². The largest absolute Gasteiger partial charge is 0.342 e. The van der Waals surface area contributed by atoms with Crippen LogP contribution in [0.25, 0.3) is 11.1 Å². The Morgan fingerprint density at radius 3 is 2.36 bits per heavy atom. The Balaban J connectivity index is 1.82. The molecule has 0 bridgehead atoms. The average molecular weight is 361 g/mol. The Hall–Kier alpha value is -1.16. The van der Waals surface area contributed by atoms with E-state index in [-0.39, 0.29) is 6.10 Å². The molecule has 1 heterocycles. The lowest BCUT2D eigenvalue weighted by Crippen LogP contribution is -2.30. The van der Waals surface area contributed by atoms with Crippen molar-refractivity contribution in [1.29, 1.82) is 0 Å². The first kappa shape index (κ1) is 15.7. The number of alkyl halides is 1. The molecule has 22 heavy (non-hydrogen) atoms. The van der Waals surface area contributed by atoms with E-state index in [1.54, 1.807) is 0 Å². The van der Waals surface area contributed by atoms with Crippen LogP contribution in [0.3, 0.4) is 0 Å². The number of hydrogen-bond donors (Lipinski definition) is 0. The standard InChI is InChI=1S/C19H21BrO2/c1-2-6-18-13-21-19(14-20,22-18)17-11-9-16(10-12-17)15-7-4-3-5-8-15/h3-5,7-12,18H,2,6,13-14H2,1H3. The minimum atomic E-state index is -0.644. The molecule has 116 valence electrons. The van der Waals surface area contributed by atoms with Gasteiger partial charge in [0, 0.05) is 5.56 Å². The van der Waals surface area contributed by atoms with Gasteiger partial charge in [0.2, 0.25) is 5.79 Å². The highest BCUT2D eigenvalue weighted by atomic mass is 79.9. The van der Waals surface area contributed by atoms with E-state index in [1.807, 2.05) is 6.07 Å². The van der Waals surface area contributed by atoms with Gasteiger partial charge in [0.05, 0.1) is 18.0 Å². The molecule has 0 aliphatic carbocycles. The van der Waals surface area contributed by atoms with Crippen molar-refractivity contribution in [2.24, 2.45) is 0 Å². The molecule has 2 atom stereocenters. The van der Waals surface area contributed by atoms with E-state index in [2.05, 4.69) is 71.4 Å². The van der Waals surface area contributed by atoms with Crippen LogP contribution in [0.5, 0.6) is 0 Å². The van der Waals surface area contributed by atoms with Crippen molar-refractivity contribution in [3.63, 3.8) is 0 Å². The summed E-state index contributed by atoms with van der Waals surface area (Å²) in [4.78, 5) is 0. The number of benzene rings is 2. The summed E-state index contributed by atoms with van der Waals surface area (Å²) < 4.78 is 12.2. The van der Waals surface area contributed by atoms with Crippen molar-refractivity contribution in [1.82, 2.24) is 0 Å². The summed E-state index contributed by atoms with van der Waals surface area (Å²) in [5, 5.41) is 0.644. The van der Waals surface area contributed by atoms with Crippen LogP contribution in [-0.4, -0.2) is 18.0 Å². The quantitative estimate of drug-likeness (QED) is 0.689. The molecular formula is C19H21BrO2. The Morgan fingerprint density at radius 2 is 1.73 bits per heavy atom. The van der Waals surface area contributed by atoms with Crippen LogP contribution >= 0.6 is 15.9 Å². The first-order chi connectivity index (χ1) is 10.8. The third-order valence-corrected chi connectivity index (χ3v) is 4.82. The Bertz CT molecular complexity index is 597. The number of hydrogen-bond acceptors (Lipinski definition) is 2. The lowest BCUT2D eigenvalue weighted by atomic mass is 10.0. The van der Waals surface area contributed by atoms with Gasteiger partial charge < -0.3 is 9.47 Å². The second-order valence-electron chi connectivity index (χ2n) is 5.67. The molecule has 0 aromatic heterocycles. The fourth-order valence-corrected chi connectivity index (χ4v) is 3.49. The maximum Gasteiger partial charge on any atom is 0.205 e. The molecule has 2 nitrogen and oxygen atoms in total. The summed E-state index contributed by atoms with van der Waals surface area (Å²) >= 11 is 3.56. The summed E-state index contributed by atoms with van der Waals surface area (Å²) in [6, 6.07) is 18.9. The zero-order valence-corrected chi connectivity index (χ0v) is 14.4. The van der Waals surface area contributed by atoms with Gasteiger partial charge in [0.25, 0.3) is 0 Å². The average Bonchev–Trinajstić information content (AvgIpc) is 3.01. The van der Waals surface area contributed by atoms with Gasteiger partial charge in [-0.15, -0.1) is 0 Å². The van der Waals surface area contributed by atoms with Crippen molar-refractivity contribution in [2.45, 2.75) is 31.7 Å². The van der Waals surface area contributed by atoms with Gasteiger partial charge in [-0.25, -0.2) is 0 Å². The molecule has 2 aromatic carbocycles. The molecule has 0 spiro atoms. The Morgan fingerprint density at radius 1 is 1.05 bits per heavy atom. The van der Waals surface area contributed by atoms with E-state index in [9.17, 15) is 0 Å². The van der Waals surface area contributed by atoms with Crippen LogP contribution < -0.4 is 0 Å². The molecule has 0 amide bonds. The lowest BCUT2D eigenvalue weighted by molar-refractivity contribution is -0.157. The first-order valence-electron chi connectivity index (χ1n) is 7.81. The second kappa shape index (κ2) is 6.95. The fraction of sp³-hybridized carbons (Fsp3) is 0.368. The molecule has 0 saturated carbocycles. The van der Waals surface area contributed by atoms with Crippen molar-refractivity contribution >= 4 is 15.9 Å². The number of ether oxygens (including phenoxy) is 2. The van der Waals surface area contributed by atoms with Gasteiger partial charge in [-0.3, -0.25) is 0 Å². The maximum absolute atomic E-state index is 6.20. The SMILES string of the molecule is CCCC1COC(CBr)(c2ccc(-c3ccccc3)cc2)O1. The third kappa shape index (κ3) is 3.12. The molecule has 1 aliphatic heterocycles. The number of rotatable bonds is 5. The molecule has 3 heteroatoms. The third-order valence-electron chi connectivity index (χ3n) is 4.08. The summed E-state index contributed by atoms with van der Waals surface area (Å²) in [6.07, 6.45) is 2.34. The molecular weight excluding hydrogens is 340 g/mol. The normalized spacial score (nSPS) is 24.5. The first-order valence-corrected chi connectivity index (χ1v) is 8.93. The summed E-state index contributed by atoms with van der Waals surface area (Å²) in [5.74, 6) is -0.644. The zero-order chi connectivity index (χ0) is 15.4. The summed E-state index contributed by atoms with van der Waals surface area (Å²) in [6.45, 7) is 2.84. The predicted molar refractivity (Wildman–Crippen MR) is 93.1 cm³/mol. The zero-order valence-electron chi connectivity index (χ0n) is 12.8. The smallest absolute Gasteiger partial charge is 0.205 e. The van der Waals surface area contributed by atoms with E-state index < -0.39 is 5.79 Å². The van der Waals surface area contributed by atoms with Crippen molar-refractivity contribution < 1.29 is 9.47 Å². The van der Waals surface area contributed by atoms with Gasteiger partial charge in [-0.05, 0) is 17.5 Å². The van der Waals surface area contributed by atoms with Gasteiger partial charge in [0.1, 0.15) is 0 Å². The maximum atomic E-state index is 6.20. The molecule has 2 unspecified atom stereocenters. The van der Waals surface area contributed by atoms with Crippen molar-refractivity contribution in [2.75, 3.05) is 11.9 Å². The van der Waals surface area contributed by atoms with Crippen molar-refractivity contribution in [3.05, 3.63) is 60.2 Å². The molecule has 3 rings (SSSR count). The highest BCUT2D eigenvalue weighted by molar-refractivity contribution is 9.09. The molecule has 0 N–H and O–H groups in total. The summed E-state index contributed by atoms with van der Waals surface area (Å²) in [7, 11) is 0. The lowest BCUT2D eigenvalue weighted by Gasteiger charge is -2.26. The molecule has 2 aromatic rings. The van der Waals surface area contributed by atoms with E-state index in [1.165, 1.54) is 11.1 Å². The van der Waals surface area contributed by atoms with Crippen LogP contribution in [0.2, 0.25) is 0 Å². The van der Waals surface area contributed by atoms with Crippen molar-refractivity contribution in [3.8, 4) is 11.1 Å². The second-order valence-corrected chi connectivity index (χ2v) is 6.23. The van der Waals surface area contributed by atoms with Gasteiger partial charge in [-0.1, -0.05) is 83.9 Å². The van der Waals surface area contributed by atoms with E-state index in [4.69, 9.17) is 9.47 Å². The fourth-order valence-electron chi connectivity index (χ4n) is 2.87. The van der Waals surface area contributed by atoms with Gasteiger partial charge >= 0.3 is 0 Å². The minimum Gasteiger partial charge on any atom is -0.342 e. The Kier molecular flexibility index (Phi) is 4.97. The van der Waals surface area contributed by atoms with E-state index in [0.717, 1.165) is 18.4 Å². The van der Waals surface area contributed by atoms with Crippen LogP contribution in [0.4, 0.5) is 0 Å². The molecule has 1 fully saturated rings. The highest BCUT2D eigenvalue weighted by Gasteiger charge is 2.41. The molecule has 1 saturated heterocycles. The molecule has 1 aliphatic rings. The minimum absolute atomic E-state index is 0.191. The topological polar surface area (TPSA) is 18.5 Å². The summed E-state index contributed by atoms with van der Waals surface area (Å²) in [5.41, 5.74) is 3.50. The van der Waals surface area contributed by atoms with Crippen LogP contribution in [0.1, 0.15) is 25.3 Å². The van der Waals surface area contributed by atoms with Gasteiger partial charge in [-0.2, -0.15) is 0 Å². The molecule has 0 radical (unpaired) electrons. The predicted octanol–water partition coefficient (Wildman–Crippen LogP) is 5.12. The van der Waals surface area contributed by atoms with Crippen LogP contribution in [0.15, 0.2) is 54.6 Å².